The molecule has 15 heavy (non-hydrogen) atoms. The van der Waals surface area contributed by atoms with Crippen LogP contribution in [0.4, 0.5) is 0 Å². The van der Waals surface area contributed by atoms with Gasteiger partial charge in [-0.05, 0) is 18.2 Å². The fourth-order valence-corrected chi connectivity index (χ4v) is 1.23. The molecule has 0 aromatic carbocycles. The van der Waals surface area contributed by atoms with Crippen molar-refractivity contribution >= 4 is 0 Å². The van der Waals surface area contributed by atoms with Gasteiger partial charge in [-0.15, -0.1) is 0 Å². The SMILES string of the molecule is COc1cncc(-c2ccc(O)cn2)c1. The van der Waals surface area contributed by atoms with Crippen LogP contribution in [0, 0.1) is 0 Å². The highest BCUT2D eigenvalue weighted by molar-refractivity contribution is 5.59. The third-order valence-electron chi connectivity index (χ3n) is 1.99. The van der Waals surface area contributed by atoms with Gasteiger partial charge in [-0.3, -0.25) is 9.97 Å². The van der Waals surface area contributed by atoms with Gasteiger partial charge in [0, 0.05) is 11.8 Å². The highest BCUT2D eigenvalue weighted by Gasteiger charge is 2.01. The molecule has 0 spiro atoms. The molecule has 2 aromatic heterocycles. The van der Waals surface area contributed by atoms with Crippen LogP contribution in [0.1, 0.15) is 0 Å². The minimum Gasteiger partial charge on any atom is -0.506 e. The highest BCUT2D eigenvalue weighted by atomic mass is 16.5. The van der Waals surface area contributed by atoms with Crippen molar-refractivity contribution in [2.75, 3.05) is 7.11 Å². The van der Waals surface area contributed by atoms with Crippen molar-refractivity contribution in [1.29, 1.82) is 0 Å². The lowest BCUT2D eigenvalue weighted by molar-refractivity contribution is 0.413. The molecule has 4 heteroatoms. The first-order valence-corrected chi connectivity index (χ1v) is 4.44. The van der Waals surface area contributed by atoms with Gasteiger partial charge < -0.3 is 9.84 Å². The van der Waals surface area contributed by atoms with Crippen LogP contribution in [0.2, 0.25) is 0 Å². The van der Waals surface area contributed by atoms with Gasteiger partial charge in [-0.25, -0.2) is 0 Å². The number of hydrogen-bond acceptors (Lipinski definition) is 4. The molecular formula is C11H10N2O2. The number of hydrogen-bond donors (Lipinski definition) is 1. The summed E-state index contributed by atoms with van der Waals surface area (Å²) >= 11 is 0. The molecule has 76 valence electrons. The predicted octanol–water partition coefficient (Wildman–Crippen LogP) is 1.86. The molecule has 0 aliphatic heterocycles. The molecular weight excluding hydrogens is 192 g/mol. The van der Waals surface area contributed by atoms with Gasteiger partial charge >= 0.3 is 0 Å². The third-order valence-corrected chi connectivity index (χ3v) is 1.99. The maximum Gasteiger partial charge on any atom is 0.137 e. The summed E-state index contributed by atoms with van der Waals surface area (Å²) in [5.74, 6) is 0.831. The Hall–Kier alpha value is -2.10. The Kier molecular flexibility index (Phi) is 2.49. The maximum absolute atomic E-state index is 9.10. The second-order valence-electron chi connectivity index (χ2n) is 3.02. The Morgan fingerprint density at radius 3 is 2.73 bits per heavy atom. The van der Waals surface area contributed by atoms with Crippen LogP contribution in [0.15, 0.2) is 36.8 Å². The fourth-order valence-electron chi connectivity index (χ4n) is 1.23. The lowest BCUT2D eigenvalue weighted by Crippen LogP contribution is -1.87. The first-order chi connectivity index (χ1) is 7.29. The lowest BCUT2D eigenvalue weighted by atomic mass is 10.2. The lowest BCUT2D eigenvalue weighted by Gasteiger charge is -2.02. The van der Waals surface area contributed by atoms with Crippen molar-refractivity contribution in [1.82, 2.24) is 9.97 Å². The highest BCUT2D eigenvalue weighted by Crippen LogP contribution is 2.21. The van der Waals surface area contributed by atoms with E-state index in [1.54, 1.807) is 31.6 Å². The quantitative estimate of drug-likeness (QED) is 0.807. The smallest absolute Gasteiger partial charge is 0.137 e. The summed E-state index contributed by atoms with van der Waals surface area (Å²) in [6.45, 7) is 0. The van der Waals surface area contributed by atoms with Crippen molar-refractivity contribution in [2.45, 2.75) is 0 Å². The van der Waals surface area contributed by atoms with E-state index in [9.17, 15) is 0 Å². The van der Waals surface area contributed by atoms with Gasteiger partial charge in [-0.1, -0.05) is 0 Å². The summed E-state index contributed by atoms with van der Waals surface area (Å²) in [6, 6.07) is 5.15. The number of aromatic nitrogens is 2. The van der Waals surface area contributed by atoms with Crippen LogP contribution < -0.4 is 4.74 Å². The van der Waals surface area contributed by atoms with E-state index in [1.807, 2.05) is 6.07 Å². The average Bonchev–Trinajstić information content (AvgIpc) is 2.30. The number of ether oxygens (including phenoxy) is 1. The molecule has 0 saturated carbocycles. The van der Waals surface area contributed by atoms with Crippen molar-refractivity contribution in [3.63, 3.8) is 0 Å². The summed E-state index contributed by atoms with van der Waals surface area (Å²) in [5, 5.41) is 9.10. The van der Waals surface area contributed by atoms with E-state index in [0.29, 0.717) is 5.75 Å². The summed E-state index contributed by atoms with van der Waals surface area (Å²) in [7, 11) is 1.59. The molecule has 4 nitrogen and oxygen atoms in total. The number of rotatable bonds is 2. The van der Waals surface area contributed by atoms with Crippen LogP contribution in [0.5, 0.6) is 11.5 Å². The standard InChI is InChI=1S/C11H10N2O2/c1-15-10-4-8(5-12-7-10)11-3-2-9(14)6-13-11/h2-7,14H,1H3. The van der Waals surface area contributed by atoms with E-state index >= 15 is 0 Å². The van der Waals surface area contributed by atoms with E-state index < -0.39 is 0 Å². The second kappa shape index (κ2) is 3.96. The summed E-state index contributed by atoms with van der Waals surface area (Å²) in [6.07, 6.45) is 4.72. The van der Waals surface area contributed by atoms with E-state index in [0.717, 1.165) is 11.3 Å². The number of pyridine rings is 2. The molecule has 1 N–H and O–H groups in total. The summed E-state index contributed by atoms with van der Waals surface area (Å²) in [5.41, 5.74) is 1.61. The average molecular weight is 202 g/mol. The molecule has 0 radical (unpaired) electrons. The first-order valence-electron chi connectivity index (χ1n) is 4.44. The monoisotopic (exact) mass is 202 g/mol. The molecule has 0 aliphatic rings. The van der Waals surface area contributed by atoms with Gasteiger partial charge in [0.05, 0.1) is 25.2 Å². The zero-order valence-corrected chi connectivity index (χ0v) is 8.21. The van der Waals surface area contributed by atoms with Crippen molar-refractivity contribution in [2.24, 2.45) is 0 Å². The van der Waals surface area contributed by atoms with Crippen molar-refractivity contribution < 1.29 is 9.84 Å². The summed E-state index contributed by atoms with van der Waals surface area (Å²) in [4.78, 5) is 8.11. The number of methoxy groups -OCH3 is 1. The van der Waals surface area contributed by atoms with Crippen LogP contribution in [-0.2, 0) is 0 Å². The van der Waals surface area contributed by atoms with Crippen LogP contribution >= 0.6 is 0 Å². The molecule has 0 amide bonds. The zero-order chi connectivity index (χ0) is 10.7. The van der Waals surface area contributed by atoms with E-state index in [4.69, 9.17) is 9.84 Å². The summed E-state index contributed by atoms with van der Waals surface area (Å²) < 4.78 is 5.06. The largest absolute Gasteiger partial charge is 0.506 e. The van der Waals surface area contributed by atoms with Gasteiger partial charge in [0.25, 0.3) is 0 Å². The van der Waals surface area contributed by atoms with Crippen molar-refractivity contribution in [3.05, 3.63) is 36.8 Å². The zero-order valence-electron chi connectivity index (χ0n) is 8.21. The van der Waals surface area contributed by atoms with E-state index in [2.05, 4.69) is 9.97 Å². The molecule has 0 aliphatic carbocycles. The number of aromatic hydroxyl groups is 1. The van der Waals surface area contributed by atoms with E-state index in [-0.39, 0.29) is 5.75 Å². The van der Waals surface area contributed by atoms with Crippen molar-refractivity contribution in [3.8, 4) is 22.8 Å². The second-order valence-corrected chi connectivity index (χ2v) is 3.02. The molecule has 2 heterocycles. The molecule has 2 rings (SSSR count). The molecule has 0 fully saturated rings. The maximum atomic E-state index is 9.10. The Morgan fingerprint density at radius 2 is 2.07 bits per heavy atom. The molecule has 0 saturated heterocycles. The first kappa shape index (κ1) is 9.45. The van der Waals surface area contributed by atoms with Gasteiger partial charge in [0.1, 0.15) is 11.5 Å². The normalized spacial score (nSPS) is 9.93. The third kappa shape index (κ3) is 2.04. The fraction of sp³-hybridized carbons (Fsp3) is 0.0909. The Bertz CT molecular complexity index is 454. The van der Waals surface area contributed by atoms with Crippen LogP contribution in [0.3, 0.4) is 0 Å². The Morgan fingerprint density at radius 1 is 1.20 bits per heavy atom. The predicted molar refractivity (Wildman–Crippen MR) is 55.7 cm³/mol. The van der Waals surface area contributed by atoms with Gasteiger partial charge in [-0.2, -0.15) is 0 Å². The topological polar surface area (TPSA) is 55.2 Å². The van der Waals surface area contributed by atoms with Crippen LogP contribution in [-0.4, -0.2) is 22.2 Å². The minimum absolute atomic E-state index is 0.148. The minimum atomic E-state index is 0.148. The molecule has 0 unspecified atom stereocenters. The Labute approximate surface area is 87.2 Å². The van der Waals surface area contributed by atoms with Crippen LogP contribution in [0.25, 0.3) is 11.3 Å². The molecule has 0 bridgehead atoms. The molecule has 0 atom stereocenters. The molecule has 2 aromatic rings. The van der Waals surface area contributed by atoms with Gasteiger partial charge in [0.15, 0.2) is 0 Å². The number of nitrogens with zero attached hydrogens (tertiary/aromatic N) is 2. The Balaban J connectivity index is 2.40. The van der Waals surface area contributed by atoms with E-state index in [1.165, 1.54) is 6.20 Å². The van der Waals surface area contributed by atoms with Gasteiger partial charge in [0.2, 0.25) is 0 Å².